The van der Waals surface area contributed by atoms with Crippen LogP contribution in [0, 0.1) is 5.82 Å². The van der Waals surface area contributed by atoms with Crippen molar-refractivity contribution in [3.8, 4) is 0 Å². The molecule has 7 nitrogen and oxygen atoms in total. The number of morpholine rings is 1. The van der Waals surface area contributed by atoms with Crippen LogP contribution in [0.3, 0.4) is 0 Å². The Hall–Kier alpha value is -2.30. The van der Waals surface area contributed by atoms with Crippen LogP contribution in [0.1, 0.15) is 16.1 Å². The Morgan fingerprint density at radius 3 is 2.72 bits per heavy atom. The smallest absolute Gasteiger partial charge is 0.261 e. The van der Waals surface area contributed by atoms with Crippen LogP contribution in [0.5, 0.6) is 0 Å². The molecule has 0 aliphatic carbocycles. The van der Waals surface area contributed by atoms with E-state index in [4.69, 9.17) is 4.74 Å². The van der Waals surface area contributed by atoms with Crippen molar-refractivity contribution in [1.29, 1.82) is 0 Å². The first kappa shape index (κ1) is 20.0. The third kappa shape index (κ3) is 4.19. The largest absolute Gasteiger partial charge is 0.370 e. The van der Waals surface area contributed by atoms with Gasteiger partial charge in [0.2, 0.25) is 5.91 Å². The number of hydrogen-bond donors (Lipinski definition) is 1. The highest BCUT2D eigenvalue weighted by atomic mass is 79.9. The number of benzene rings is 1. The van der Waals surface area contributed by atoms with Crippen LogP contribution in [0.15, 0.2) is 34.1 Å². The van der Waals surface area contributed by atoms with E-state index in [0.29, 0.717) is 17.2 Å². The molecule has 0 bridgehead atoms. The standard InChI is InChI=1S/C19H17BrFN3O4S/c20-16-4-3-15(29-16)19(27)22-11-7-17(25)24(9-11)12-1-2-14(13(21)8-12)23-5-6-28-10-18(23)26/h1-4,8,11H,5-7,9-10H2,(H,22,27)/t11-/m1/s1. The zero-order chi connectivity index (χ0) is 20.5. The number of anilines is 2. The number of ether oxygens (including phenoxy) is 1. The highest BCUT2D eigenvalue weighted by molar-refractivity contribution is 9.11. The summed E-state index contributed by atoms with van der Waals surface area (Å²) in [6.07, 6.45) is 0.142. The van der Waals surface area contributed by atoms with E-state index in [1.807, 2.05) is 0 Å². The van der Waals surface area contributed by atoms with Crippen molar-refractivity contribution in [2.75, 3.05) is 36.1 Å². The topological polar surface area (TPSA) is 79.0 Å². The molecule has 152 valence electrons. The van der Waals surface area contributed by atoms with Gasteiger partial charge in [0.1, 0.15) is 12.4 Å². The van der Waals surface area contributed by atoms with Crippen molar-refractivity contribution in [3.05, 3.63) is 44.8 Å². The summed E-state index contributed by atoms with van der Waals surface area (Å²) < 4.78 is 20.6. The number of halogens is 2. The molecule has 3 heterocycles. The van der Waals surface area contributed by atoms with E-state index in [1.165, 1.54) is 33.3 Å². The third-order valence-corrected chi connectivity index (χ3v) is 6.40. The molecule has 3 amide bonds. The number of carbonyl (C=O) groups is 3. The molecule has 29 heavy (non-hydrogen) atoms. The van der Waals surface area contributed by atoms with E-state index in [9.17, 15) is 18.8 Å². The molecule has 0 saturated carbocycles. The van der Waals surface area contributed by atoms with Crippen molar-refractivity contribution >= 4 is 56.4 Å². The van der Waals surface area contributed by atoms with Crippen LogP contribution in [-0.4, -0.2) is 50.1 Å². The lowest BCUT2D eigenvalue weighted by molar-refractivity contribution is -0.125. The zero-order valence-electron chi connectivity index (χ0n) is 15.2. The number of rotatable bonds is 4. The number of carbonyl (C=O) groups excluding carboxylic acids is 3. The molecule has 2 fully saturated rings. The van der Waals surface area contributed by atoms with Crippen molar-refractivity contribution in [2.45, 2.75) is 12.5 Å². The minimum atomic E-state index is -0.582. The lowest BCUT2D eigenvalue weighted by atomic mass is 10.2. The van der Waals surface area contributed by atoms with Crippen molar-refractivity contribution < 1.29 is 23.5 Å². The Morgan fingerprint density at radius 1 is 1.21 bits per heavy atom. The molecule has 1 aromatic carbocycles. The summed E-state index contributed by atoms with van der Waals surface area (Å²) in [5.74, 6) is -1.32. The molecular weight excluding hydrogens is 465 g/mol. The Morgan fingerprint density at radius 2 is 2.03 bits per heavy atom. The first-order valence-electron chi connectivity index (χ1n) is 8.96. The Labute approximate surface area is 178 Å². The molecule has 1 atom stereocenters. The first-order chi connectivity index (χ1) is 13.9. The second-order valence-electron chi connectivity index (χ2n) is 6.72. The van der Waals surface area contributed by atoms with E-state index >= 15 is 0 Å². The first-order valence-corrected chi connectivity index (χ1v) is 10.6. The van der Waals surface area contributed by atoms with Gasteiger partial charge in [0.15, 0.2) is 0 Å². The predicted octanol–water partition coefficient (Wildman–Crippen LogP) is 2.55. The summed E-state index contributed by atoms with van der Waals surface area (Å²) in [5, 5.41) is 2.85. The summed E-state index contributed by atoms with van der Waals surface area (Å²) in [5.41, 5.74) is 0.564. The van der Waals surface area contributed by atoms with E-state index in [-0.39, 0.29) is 55.6 Å². The Balaban J connectivity index is 1.46. The monoisotopic (exact) mass is 481 g/mol. The fourth-order valence-corrected chi connectivity index (χ4v) is 4.69. The fraction of sp³-hybridized carbons (Fsp3) is 0.316. The van der Waals surface area contributed by atoms with Gasteiger partial charge < -0.3 is 19.9 Å². The van der Waals surface area contributed by atoms with Crippen LogP contribution in [0.25, 0.3) is 0 Å². The predicted molar refractivity (Wildman–Crippen MR) is 110 cm³/mol. The van der Waals surface area contributed by atoms with Gasteiger partial charge in [-0.2, -0.15) is 0 Å². The van der Waals surface area contributed by atoms with E-state index in [0.717, 1.165) is 3.79 Å². The molecule has 0 spiro atoms. The number of thiophene rings is 1. The highest BCUT2D eigenvalue weighted by Gasteiger charge is 2.33. The van der Waals surface area contributed by atoms with Crippen molar-refractivity contribution in [2.24, 2.45) is 0 Å². The van der Waals surface area contributed by atoms with E-state index < -0.39 is 5.82 Å². The minimum absolute atomic E-state index is 0.0754. The second kappa shape index (κ2) is 8.21. The second-order valence-corrected chi connectivity index (χ2v) is 9.18. The highest BCUT2D eigenvalue weighted by Crippen LogP contribution is 2.29. The number of hydrogen-bond acceptors (Lipinski definition) is 5. The summed E-state index contributed by atoms with van der Waals surface area (Å²) >= 11 is 4.63. The van der Waals surface area contributed by atoms with Gasteiger partial charge in [0.25, 0.3) is 11.8 Å². The van der Waals surface area contributed by atoms with Gasteiger partial charge in [-0.1, -0.05) is 0 Å². The van der Waals surface area contributed by atoms with Crippen LogP contribution in [0.4, 0.5) is 15.8 Å². The lowest BCUT2D eigenvalue weighted by Gasteiger charge is -2.27. The van der Waals surface area contributed by atoms with Gasteiger partial charge in [0.05, 0.1) is 27.0 Å². The van der Waals surface area contributed by atoms with Gasteiger partial charge in [-0.3, -0.25) is 14.4 Å². The summed E-state index contributed by atoms with van der Waals surface area (Å²) in [6.45, 7) is 0.810. The minimum Gasteiger partial charge on any atom is -0.370 e. The van der Waals surface area contributed by atoms with Crippen LogP contribution in [0.2, 0.25) is 0 Å². The fourth-order valence-electron chi connectivity index (χ4n) is 3.40. The van der Waals surface area contributed by atoms with Gasteiger partial charge in [0, 0.05) is 25.2 Å². The van der Waals surface area contributed by atoms with Crippen LogP contribution in [-0.2, 0) is 14.3 Å². The number of amides is 3. The Bertz CT molecular complexity index is 982. The maximum absolute atomic E-state index is 14.7. The Kier molecular flexibility index (Phi) is 5.66. The molecule has 4 rings (SSSR count). The van der Waals surface area contributed by atoms with Crippen LogP contribution >= 0.6 is 27.3 Å². The molecule has 10 heteroatoms. The molecule has 2 aromatic rings. The molecule has 2 aliphatic rings. The van der Waals surface area contributed by atoms with Gasteiger partial charge in [-0.05, 0) is 46.3 Å². The average Bonchev–Trinajstić information content (AvgIpc) is 3.28. The summed E-state index contributed by atoms with van der Waals surface area (Å²) in [7, 11) is 0. The molecule has 1 aromatic heterocycles. The normalized spacial score (nSPS) is 19.7. The molecule has 0 unspecified atom stereocenters. The zero-order valence-corrected chi connectivity index (χ0v) is 17.6. The van der Waals surface area contributed by atoms with Gasteiger partial charge >= 0.3 is 0 Å². The summed E-state index contributed by atoms with van der Waals surface area (Å²) in [6, 6.07) is 7.49. The maximum Gasteiger partial charge on any atom is 0.261 e. The maximum atomic E-state index is 14.7. The quantitative estimate of drug-likeness (QED) is 0.727. The van der Waals surface area contributed by atoms with Gasteiger partial charge in [-0.25, -0.2) is 4.39 Å². The molecule has 0 radical (unpaired) electrons. The molecule has 2 aliphatic heterocycles. The van der Waals surface area contributed by atoms with Crippen molar-refractivity contribution in [1.82, 2.24) is 5.32 Å². The third-order valence-electron chi connectivity index (χ3n) is 4.78. The molecule has 2 saturated heterocycles. The number of nitrogens with zero attached hydrogens (tertiary/aromatic N) is 2. The lowest BCUT2D eigenvalue weighted by Crippen LogP contribution is -2.42. The SMILES string of the molecule is O=C(N[C@@H]1CC(=O)N(c2ccc(N3CCOCC3=O)c(F)c2)C1)c1ccc(Br)s1. The van der Waals surface area contributed by atoms with E-state index in [1.54, 1.807) is 18.2 Å². The van der Waals surface area contributed by atoms with Crippen molar-refractivity contribution in [3.63, 3.8) is 0 Å². The van der Waals surface area contributed by atoms with Gasteiger partial charge in [-0.15, -0.1) is 11.3 Å². The van der Waals surface area contributed by atoms with E-state index in [2.05, 4.69) is 21.2 Å². The average molecular weight is 482 g/mol. The number of nitrogens with one attached hydrogen (secondary N) is 1. The molecule has 1 N–H and O–H groups in total. The molecular formula is C19H17BrFN3O4S. The van der Waals surface area contributed by atoms with Crippen LogP contribution < -0.4 is 15.1 Å². The summed E-state index contributed by atoms with van der Waals surface area (Å²) in [4.78, 5) is 40.0.